The van der Waals surface area contributed by atoms with E-state index in [9.17, 15) is 8.42 Å². The van der Waals surface area contributed by atoms with Crippen LogP contribution in [0, 0.1) is 6.92 Å². The fourth-order valence-electron chi connectivity index (χ4n) is 3.38. The molecule has 2 fully saturated rings. The van der Waals surface area contributed by atoms with Crippen LogP contribution in [0.2, 0.25) is 0 Å². The minimum Gasteiger partial charge on any atom is -0.399 e. The van der Waals surface area contributed by atoms with E-state index in [-0.39, 0.29) is 6.04 Å². The van der Waals surface area contributed by atoms with Crippen LogP contribution >= 0.6 is 0 Å². The molecule has 1 aliphatic heterocycles. The molecule has 1 saturated carbocycles. The fraction of sp³-hybridized carbons (Fsp3) is 0.667. The summed E-state index contributed by atoms with van der Waals surface area (Å²) in [4.78, 5) is 0.303. The first-order chi connectivity index (χ1) is 11.5. The van der Waals surface area contributed by atoms with E-state index >= 15 is 0 Å². The fourth-order valence-corrected chi connectivity index (χ4v) is 4.77. The molecule has 0 unspecified atom stereocenters. The standard InChI is InChI=1S/C18H28BNO4S/c1-13-12-15(25(21,22)20-14-8-6-7-9-14)10-11-16(13)19-23-17(2,3)18(4,5)24-19/h10-12,14,20H,6-9H2,1-5H3. The van der Waals surface area contributed by atoms with Crippen LogP contribution in [0.15, 0.2) is 23.1 Å². The molecule has 0 bridgehead atoms. The number of sulfonamides is 1. The van der Waals surface area contributed by atoms with Crippen molar-refractivity contribution in [1.82, 2.24) is 4.72 Å². The van der Waals surface area contributed by atoms with Crippen molar-refractivity contribution in [2.24, 2.45) is 0 Å². The van der Waals surface area contributed by atoms with E-state index in [0.29, 0.717) is 4.90 Å². The average Bonchev–Trinajstić information content (AvgIpc) is 3.04. The molecule has 0 spiro atoms. The Morgan fingerprint density at radius 2 is 1.64 bits per heavy atom. The molecular formula is C18H28BNO4S. The van der Waals surface area contributed by atoms with Crippen LogP contribution in [0.5, 0.6) is 0 Å². The molecule has 1 N–H and O–H groups in total. The Bertz CT molecular complexity index is 738. The van der Waals surface area contributed by atoms with Gasteiger partial charge in [0.2, 0.25) is 10.0 Å². The topological polar surface area (TPSA) is 64.6 Å². The predicted molar refractivity (Wildman–Crippen MR) is 99.5 cm³/mol. The maximum Gasteiger partial charge on any atom is 0.495 e. The number of hydrogen-bond donors (Lipinski definition) is 1. The second kappa shape index (κ2) is 6.37. The highest BCUT2D eigenvalue weighted by Gasteiger charge is 2.52. The molecule has 0 atom stereocenters. The molecule has 1 heterocycles. The lowest BCUT2D eigenvalue weighted by atomic mass is 9.76. The molecular weight excluding hydrogens is 337 g/mol. The maximum atomic E-state index is 12.6. The summed E-state index contributed by atoms with van der Waals surface area (Å²) >= 11 is 0. The Kier molecular flexibility index (Phi) is 4.82. The first-order valence-electron chi connectivity index (χ1n) is 9.00. The Morgan fingerprint density at radius 1 is 1.08 bits per heavy atom. The summed E-state index contributed by atoms with van der Waals surface area (Å²) in [7, 11) is -3.97. The van der Waals surface area contributed by atoms with Crippen LogP contribution in [0.3, 0.4) is 0 Å². The molecule has 0 radical (unpaired) electrons. The summed E-state index contributed by atoms with van der Waals surface area (Å²) in [6.45, 7) is 9.92. The Morgan fingerprint density at radius 3 is 2.16 bits per heavy atom. The smallest absolute Gasteiger partial charge is 0.399 e. The number of nitrogens with one attached hydrogen (secondary N) is 1. The molecule has 3 rings (SSSR count). The van der Waals surface area contributed by atoms with Gasteiger partial charge in [-0.2, -0.15) is 0 Å². The highest BCUT2D eigenvalue weighted by Crippen LogP contribution is 2.36. The minimum atomic E-state index is -3.48. The molecule has 25 heavy (non-hydrogen) atoms. The average molecular weight is 365 g/mol. The largest absolute Gasteiger partial charge is 0.495 e. The number of aryl methyl sites for hydroxylation is 1. The monoisotopic (exact) mass is 365 g/mol. The summed E-state index contributed by atoms with van der Waals surface area (Å²) in [6, 6.07) is 5.22. The first kappa shape index (κ1) is 18.9. The van der Waals surface area contributed by atoms with Crippen molar-refractivity contribution in [1.29, 1.82) is 0 Å². The zero-order chi connectivity index (χ0) is 18.5. The van der Waals surface area contributed by atoms with Crippen molar-refractivity contribution in [3.05, 3.63) is 23.8 Å². The van der Waals surface area contributed by atoms with E-state index < -0.39 is 28.3 Å². The third-order valence-electron chi connectivity index (χ3n) is 5.74. The van der Waals surface area contributed by atoms with Crippen molar-refractivity contribution >= 4 is 22.6 Å². The zero-order valence-electron chi connectivity index (χ0n) is 15.8. The number of hydrogen-bond acceptors (Lipinski definition) is 4. The molecule has 7 heteroatoms. The van der Waals surface area contributed by atoms with Gasteiger partial charge in [-0.3, -0.25) is 0 Å². The van der Waals surface area contributed by atoms with E-state index in [0.717, 1.165) is 36.7 Å². The summed E-state index contributed by atoms with van der Waals surface area (Å²) in [5, 5.41) is 0. The van der Waals surface area contributed by atoms with Crippen molar-refractivity contribution in [3.63, 3.8) is 0 Å². The summed E-state index contributed by atoms with van der Waals surface area (Å²) in [6.07, 6.45) is 4.02. The Hall–Kier alpha value is -0.885. The second-order valence-corrected chi connectivity index (χ2v) is 9.92. The van der Waals surface area contributed by atoms with Crippen molar-refractivity contribution < 1.29 is 17.7 Å². The third-order valence-corrected chi connectivity index (χ3v) is 7.25. The number of benzene rings is 1. The Labute approximate surface area is 151 Å². The molecule has 0 amide bonds. The molecule has 2 aliphatic rings. The van der Waals surface area contributed by atoms with Gasteiger partial charge >= 0.3 is 7.12 Å². The SMILES string of the molecule is Cc1cc(S(=O)(=O)NC2CCCC2)ccc1B1OC(C)(C)C(C)(C)O1. The summed E-state index contributed by atoms with van der Waals surface area (Å²) < 4.78 is 40.2. The van der Waals surface area contributed by atoms with Gasteiger partial charge in [-0.05, 0) is 65.1 Å². The van der Waals surface area contributed by atoms with Gasteiger partial charge in [0.05, 0.1) is 16.1 Å². The van der Waals surface area contributed by atoms with Crippen LogP contribution in [0.1, 0.15) is 58.9 Å². The van der Waals surface area contributed by atoms with Crippen LogP contribution in [0.4, 0.5) is 0 Å². The lowest BCUT2D eigenvalue weighted by molar-refractivity contribution is 0.00578. The van der Waals surface area contributed by atoms with Crippen LogP contribution in [0.25, 0.3) is 0 Å². The molecule has 138 valence electrons. The van der Waals surface area contributed by atoms with E-state index in [1.807, 2.05) is 34.6 Å². The summed E-state index contributed by atoms with van der Waals surface area (Å²) in [5.74, 6) is 0. The van der Waals surface area contributed by atoms with Gasteiger partial charge in [-0.15, -0.1) is 0 Å². The lowest BCUT2D eigenvalue weighted by Crippen LogP contribution is -2.41. The van der Waals surface area contributed by atoms with Crippen molar-refractivity contribution in [2.45, 2.75) is 82.4 Å². The maximum absolute atomic E-state index is 12.6. The highest BCUT2D eigenvalue weighted by atomic mass is 32.2. The van der Waals surface area contributed by atoms with Crippen LogP contribution in [-0.4, -0.2) is 32.8 Å². The van der Waals surface area contributed by atoms with E-state index in [4.69, 9.17) is 9.31 Å². The van der Waals surface area contributed by atoms with Crippen molar-refractivity contribution in [3.8, 4) is 0 Å². The first-order valence-corrected chi connectivity index (χ1v) is 10.5. The summed E-state index contributed by atoms with van der Waals surface area (Å²) in [5.41, 5.74) is 0.892. The molecule has 1 aromatic rings. The molecule has 1 aromatic carbocycles. The molecule has 5 nitrogen and oxygen atoms in total. The highest BCUT2D eigenvalue weighted by molar-refractivity contribution is 7.89. The molecule has 1 aliphatic carbocycles. The lowest BCUT2D eigenvalue weighted by Gasteiger charge is -2.32. The van der Waals surface area contributed by atoms with E-state index in [2.05, 4.69) is 4.72 Å². The predicted octanol–water partition coefficient (Wildman–Crippen LogP) is 2.52. The zero-order valence-corrected chi connectivity index (χ0v) is 16.6. The van der Waals surface area contributed by atoms with Gasteiger partial charge in [0, 0.05) is 6.04 Å². The van der Waals surface area contributed by atoms with Gasteiger partial charge in [0.25, 0.3) is 0 Å². The van der Waals surface area contributed by atoms with E-state index in [1.165, 1.54) is 0 Å². The van der Waals surface area contributed by atoms with E-state index in [1.54, 1.807) is 18.2 Å². The normalized spacial score (nSPS) is 23.3. The third kappa shape index (κ3) is 3.65. The Balaban J connectivity index is 1.82. The van der Waals surface area contributed by atoms with Crippen molar-refractivity contribution in [2.75, 3.05) is 0 Å². The van der Waals surface area contributed by atoms with Gasteiger partial charge < -0.3 is 9.31 Å². The van der Waals surface area contributed by atoms with Gasteiger partial charge in [-0.25, -0.2) is 13.1 Å². The molecule has 1 saturated heterocycles. The minimum absolute atomic E-state index is 0.0630. The quantitative estimate of drug-likeness (QED) is 0.833. The molecule has 0 aromatic heterocycles. The number of rotatable bonds is 4. The van der Waals surface area contributed by atoms with Crippen LogP contribution in [-0.2, 0) is 19.3 Å². The van der Waals surface area contributed by atoms with Crippen LogP contribution < -0.4 is 10.2 Å². The van der Waals surface area contributed by atoms with Gasteiger partial charge in [0.15, 0.2) is 0 Å². The second-order valence-electron chi connectivity index (χ2n) is 8.21. The van der Waals surface area contributed by atoms with Gasteiger partial charge in [-0.1, -0.05) is 24.5 Å². The van der Waals surface area contributed by atoms with Gasteiger partial charge in [0.1, 0.15) is 0 Å².